The van der Waals surface area contributed by atoms with Gasteiger partial charge in [0.15, 0.2) is 0 Å². The Morgan fingerprint density at radius 3 is 2.50 bits per heavy atom. The van der Waals surface area contributed by atoms with E-state index in [0.29, 0.717) is 0 Å². The predicted octanol–water partition coefficient (Wildman–Crippen LogP) is 2.63. The van der Waals surface area contributed by atoms with Gasteiger partial charge in [0, 0.05) is 17.9 Å². The Hall–Kier alpha value is -1.67. The van der Waals surface area contributed by atoms with E-state index >= 15 is 0 Å². The molecule has 2 nitrogen and oxygen atoms in total. The predicted molar refractivity (Wildman–Crippen MR) is 66.0 cm³/mol. The topological polar surface area (TPSA) is 38.9 Å². The van der Waals surface area contributed by atoms with Crippen molar-refractivity contribution in [1.29, 1.82) is 0 Å². The molecule has 0 radical (unpaired) electrons. The summed E-state index contributed by atoms with van der Waals surface area (Å²) in [4.78, 5) is 4.26. The number of pyridine rings is 1. The molecule has 2 rings (SSSR count). The van der Waals surface area contributed by atoms with Gasteiger partial charge in [-0.1, -0.05) is 36.4 Å². The first-order valence-electron chi connectivity index (χ1n) is 5.48. The zero-order chi connectivity index (χ0) is 11.4. The van der Waals surface area contributed by atoms with Gasteiger partial charge in [0.25, 0.3) is 0 Å². The number of hydrogen-bond acceptors (Lipinski definition) is 2. The molecule has 0 amide bonds. The van der Waals surface area contributed by atoms with E-state index in [2.05, 4.69) is 23.2 Å². The SMILES string of the molecule is Cc1ccc(C(N)Cc2ccccc2)cn1. The Labute approximate surface area is 96.1 Å². The molecule has 82 valence electrons. The summed E-state index contributed by atoms with van der Waals surface area (Å²) in [6, 6.07) is 14.4. The van der Waals surface area contributed by atoms with Crippen LogP contribution in [0, 0.1) is 6.92 Å². The highest BCUT2D eigenvalue weighted by Crippen LogP contribution is 2.15. The summed E-state index contributed by atoms with van der Waals surface area (Å²) in [7, 11) is 0. The molecule has 0 saturated carbocycles. The van der Waals surface area contributed by atoms with E-state index < -0.39 is 0 Å². The maximum absolute atomic E-state index is 6.14. The van der Waals surface area contributed by atoms with Crippen LogP contribution in [-0.4, -0.2) is 4.98 Å². The number of aryl methyl sites for hydroxylation is 1. The Bertz CT molecular complexity index is 434. The molecule has 1 atom stereocenters. The molecule has 0 aliphatic heterocycles. The molecule has 1 aromatic heterocycles. The molecule has 0 saturated heterocycles. The molecule has 0 aliphatic carbocycles. The molecule has 1 unspecified atom stereocenters. The van der Waals surface area contributed by atoms with E-state index in [4.69, 9.17) is 5.73 Å². The molecule has 1 aromatic carbocycles. The molecule has 0 aliphatic rings. The van der Waals surface area contributed by atoms with Crippen LogP contribution in [0.1, 0.15) is 22.9 Å². The van der Waals surface area contributed by atoms with Gasteiger partial charge in [-0.05, 0) is 30.5 Å². The fourth-order valence-corrected chi connectivity index (χ4v) is 1.68. The minimum atomic E-state index is 0.0236. The summed E-state index contributed by atoms with van der Waals surface area (Å²) in [6.07, 6.45) is 2.72. The van der Waals surface area contributed by atoms with Crippen LogP contribution in [0.15, 0.2) is 48.7 Å². The monoisotopic (exact) mass is 212 g/mol. The molecular weight excluding hydrogens is 196 g/mol. The third kappa shape index (κ3) is 2.67. The summed E-state index contributed by atoms with van der Waals surface area (Å²) in [6.45, 7) is 1.98. The summed E-state index contributed by atoms with van der Waals surface area (Å²) in [5.41, 5.74) is 9.51. The molecule has 2 aromatic rings. The maximum atomic E-state index is 6.14. The first-order chi connectivity index (χ1) is 7.75. The van der Waals surface area contributed by atoms with E-state index in [9.17, 15) is 0 Å². The molecule has 16 heavy (non-hydrogen) atoms. The van der Waals surface area contributed by atoms with E-state index in [1.807, 2.05) is 37.4 Å². The molecular formula is C14H16N2. The van der Waals surface area contributed by atoms with Gasteiger partial charge in [-0.25, -0.2) is 0 Å². The highest BCUT2D eigenvalue weighted by molar-refractivity contribution is 5.22. The van der Waals surface area contributed by atoms with Gasteiger partial charge in [0.05, 0.1) is 0 Å². The highest BCUT2D eigenvalue weighted by atomic mass is 14.7. The van der Waals surface area contributed by atoms with Crippen molar-refractivity contribution < 1.29 is 0 Å². The second-order valence-electron chi connectivity index (χ2n) is 4.03. The Morgan fingerprint density at radius 1 is 1.12 bits per heavy atom. The fraction of sp³-hybridized carbons (Fsp3) is 0.214. The number of nitrogens with zero attached hydrogens (tertiary/aromatic N) is 1. The minimum absolute atomic E-state index is 0.0236. The standard InChI is InChI=1S/C14H16N2/c1-11-7-8-13(10-16-11)14(15)9-12-5-3-2-4-6-12/h2-8,10,14H,9,15H2,1H3. The van der Waals surface area contributed by atoms with Crippen molar-refractivity contribution in [2.75, 3.05) is 0 Å². The second kappa shape index (κ2) is 4.90. The lowest BCUT2D eigenvalue weighted by Gasteiger charge is -2.11. The van der Waals surface area contributed by atoms with Crippen LogP contribution in [0.4, 0.5) is 0 Å². The van der Waals surface area contributed by atoms with Gasteiger partial charge >= 0.3 is 0 Å². The number of aromatic nitrogens is 1. The van der Waals surface area contributed by atoms with Gasteiger partial charge in [-0.15, -0.1) is 0 Å². The van der Waals surface area contributed by atoms with Gasteiger partial charge in [0.1, 0.15) is 0 Å². The number of rotatable bonds is 3. The molecule has 0 spiro atoms. The van der Waals surface area contributed by atoms with Crippen LogP contribution in [0.2, 0.25) is 0 Å². The molecule has 2 heteroatoms. The first-order valence-corrected chi connectivity index (χ1v) is 5.48. The molecule has 0 bridgehead atoms. The average Bonchev–Trinajstić information content (AvgIpc) is 2.31. The second-order valence-corrected chi connectivity index (χ2v) is 4.03. The summed E-state index contributed by atoms with van der Waals surface area (Å²) in [5, 5.41) is 0. The number of benzene rings is 1. The van der Waals surface area contributed by atoms with E-state index in [-0.39, 0.29) is 6.04 Å². The van der Waals surface area contributed by atoms with Crippen molar-refractivity contribution in [2.45, 2.75) is 19.4 Å². The first kappa shape index (κ1) is 10.8. The fourth-order valence-electron chi connectivity index (χ4n) is 1.68. The third-order valence-electron chi connectivity index (χ3n) is 2.66. The van der Waals surface area contributed by atoms with Crippen molar-refractivity contribution >= 4 is 0 Å². The Kier molecular flexibility index (Phi) is 3.32. The third-order valence-corrected chi connectivity index (χ3v) is 2.66. The van der Waals surface area contributed by atoms with Gasteiger partial charge in [-0.3, -0.25) is 4.98 Å². The highest BCUT2D eigenvalue weighted by Gasteiger charge is 2.06. The van der Waals surface area contributed by atoms with Crippen molar-refractivity contribution in [3.8, 4) is 0 Å². The summed E-state index contributed by atoms with van der Waals surface area (Å²) in [5.74, 6) is 0. The van der Waals surface area contributed by atoms with Crippen molar-refractivity contribution in [2.24, 2.45) is 5.73 Å². The zero-order valence-electron chi connectivity index (χ0n) is 9.43. The van der Waals surface area contributed by atoms with Crippen molar-refractivity contribution in [3.05, 3.63) is 65.5 Å². The van der Waals surface area contributed by atoms with Gasteiger partial charge < -0.3 is 5.73 Å². The van der Waals surface area contributed by atoms with Crippen LogP contribution in [0.25, 0.3) is 0 Å². The molecule has 0 fully saturated rings. The average molecular weight is 212 g/mol. The Morgan fingerprint density at radius 2 is 1.88 bits per heavy atom. The van der Waals surface area contributed by atoms with Crippen molar-refractivity contribution in [1.82, 2.24) is 4.98 Å². The minimum Gasteiger partial charge on any atom is -0.324 e. The quantitative estimate of drug-likeness (QED) is 0.849. The number of nitrogens with two attached hydrogens (primary N) is 1. The van der Waals surface area contributed by atoms with E-state index in [0.717, 1.165) is 17.7 Å². The van der Waals surface area contributed by atoms with Crippen LogP contribution in [0.3, 0.4) is 0 Å². The lowest BCUT2D eigenvalue weighted by atomic mass is 10.0. The van der Waals surface area contributed by atoms with Crippen LogP contribution in [-0.2, 0) is 6.42 Å². The van der Waals surface area contributed by atoms with E-state index in [1.165, 1.54) is 5.56 Å². The lowest BCUT2D eigenvalue weighted by molar-refractivity contribution is 0.717. The van der Waals surface area contributed by atoms with Gasteiger partial charge in [0.2, 0.25) is 0 Å². The van der Waals surface area contributed by atoms with Crippen molar-refractivity contribution in [3.63, 3.8) is 0 Å². The number of hydrogen-bond donors (Lipinski definition) is 1. The smallest absolute Gasteiger partial charge is 0.0372 e. The summed E-state index contributed by atoms with van der Waals surface area (Å²) >= 11 is 0. The van der Waals surface area contributed by atoms with E-state index in [1.54, 1.807) is 0 Å². The zero-order valence-corrected chi connectivity index (χ0v) is 9.43. The molecule has 2 N–H and O–H groups in total. The van der Waals surface area contributed by atoms with Crippen LogP contribution >= 0.6 is 0 Å². The Balaban J connectivity index is 2.09. The van der Waals surface area contributed by atoms with Crippen LogP contribution in [0.5, 0.6) is 0 Å². The molecule has 1 heterocycles. The normalized spacial score (nSPS) is 12.4. The van der Waals surface area contributed by atoms with Crippen LogP contribution < -0.4 is 5.73 Å². The maximum Gasteiger partial charge on any atom is 0.0372 e. The van der Waals surface area contributed by atoms with Gasteiger partial charge in [-0.2, -0.15) is 0 Å². The lowest BCUT2D eigenvalue weighted by Crippen LogP contribution is -2.13. The largest absolute Gasteiger partial charge is 0.324 e. The summed E-state index contributed by atoms with van der Waals surface area (Å²) < 4.78 is 0.